The zero-order chi connectivity index (χ0) is 24.4. The Bertz CT molecular complexity index is 1190. The first-order valence-electron chi connectivity index (χ1n) is 12.5. The lowest BCUT2D eigenvalue weighted by Gasteiger charge is -2.23. The minimum absolute atomic E-state index is 0.0617. The molecule has 2 saturated carbocycles. The molecule has 7 nitrogen and oxygen atoms in total. The molecular formula is C27H32N2O5S. The minimum Gasteiger partial charge on any atom is -0.381 e. The van der Waals surface area contributed by atoms with Crippen molar-refractivity contribution in [1.29, 1.82) is 0 Å². The second kappa shape index (κ2) is 10.1. The van der Waals surface area contributed by atoms with Crippen molar-refractivity contribution < 1.29 is 22.7 Å². The van der Waals surface area contributed by atoms with E-state index < -0.39 is 9.84 Å². The number of nitrogens with one attached hydrogen (secondary N) is 2. The summed E-state index contributed by atoms with van der Waals surface area (Å²) in [5, 5.41) is 6.07. The monoisotopic (exact) mass is 496 g/mol. The zero-order valence-corrected chi connectivity index (χ0v) is 20.6. The van der Waals surface area contributed by atoms with Crippen LogP contribution in [0.1, 0.15) is 65.9 Å². The molecule has 2 aliphatic carbocycles. The van der Waals surface area contributed by atoms with Gasteiger partial charge in [0, 0.05) is 30.5 Å². The minimum atomic E-state index is -3.26. The Morgan fingerprint density at radius 1 is 0.914 bits per heavy atom. The Kier molecular flexibility index (Phi) is 6.93. The van der Waals surface area contributed by atoms with E-state index in [1.54, 1.807) is 36.4 Å². The second-order valence-electron chi connectivity index (χ2n) is 10.0. The first-order valence-corrected chi connectivity index (χ1v) is 14.2. The molecule has 186 valence electrons. The molecule has 2 amide bonds. The van der Waals surface area contributed by atoms with Crippen LogP contribution in [0.15, 0.2) is 47.4 Å². The summed E-state index contributed by atoms with van der Waals surface area (Å²) < 4.78 is 30.2. The summed E-state index contributed by atoms with van der Waals surface area (Å²) >= 11 is 0. The Morgan fingerprint density at radius 2 is 1.63 bits per heavy atom. The Balaban J connectivity index is 1.21. The molecule has 3 aliphatic rings. The van der Waals surface area contributed by atoms with E-state index in [9.17, 15) is 18.0 Å². The molecule has 2 aromatic rings. The molecule has 0 unspecified atom stereocenters. The van der Waals surface area contributed by atoms with Crippen molar-refractivity contribution in [2.75, 3.05) is 24.3 Å². The van der Waals surface area contributed by atoms with Crippen LogP contribution < -0.4 is 10.6 Å². The molecule has 2 aromatic carbocycles. The molecule has 1 aliphatic heterocycles. The van der Waals surface area contributed by atoms with Gasteiger partial charge in [-0.25, -0.2) is 8.42 Å². The van der Waals surface area contributed by atoms with Crippen LogP contribution in [0.3, 0.4) is 0 Å². The fraction of sp³-hybridized carbons (Fsp3) is 0.481. The van der Waals surface area contributed by atoms with E-state index in [0.717, 1.165) is 49.7 Å². The van der Waals surface area contributed by atoms with Crippen LogP contribution in [0.5, 0.6) is 0 Å². The highest BCUT2D eigenvalue weighted by Crippen LogP contribution is 2.42. The molecule has 8 heteroatoms. The molecule has 0 atom stereocenters. The predicted molar refractivity (Wildman–Crippen MR) is 133 cm³/mol. The smallest absolute Gasteiger partial charge is 0.251 e. The average molecular weight is 497 g/mol. The summed E-state index contributed by atoms with van der Waals surface area (Å²) in [6.45, 7) is 1.34. The van der Waals surface area contributed by atoms with Crippen molar-refractivity contribution >= 4 is 27.3 Å². The third kappa shape index (κ3) is 6.30. The van der Waals surface area contributed by atoms with Crippen LogP contribution in [-0.2, 0) is 25.8 Å². The predicted octanol–water partition coefficient (Wildman–Crippen LogP) is 3.84. The van der Waals surface area contributed by atoms with Gasteiger partial charge in [0.1, 0.15) is 0 Å². The van der Waals surface area contributed by atoms with Crippen LogP contribution in [-0.4, -0.2) is 45.2 Å². The number of hydrogen-bond donors (Lipinski definition) is 2. The SMILES string of the molecule is O=C(Cc1ccc(S(=O)(=O)CC2CC2)cc1)Nc1ccc(C(=O)NC2CCOCC2)c(C2CC2)c1. The molecule has 0 radical (unpaired) electrons. The number of carbonyl (C=O) groups is 2. The van der Waals surface area contributed by atoms with Gasteiger partial charge in [-0.15, -0.1) is 0 Å². The first-order chi connectivity index (χ1) is 16.9. The van der Waals surface area contributed by atoms with E-state index in [2.05, 4.69) is 10.6 Å². The molecule has 2 N–H and O–H groups in total. The molecular weight excluding hydrogens is 464 g/mol. The number of benzene rings is 2. The van der Waals surface area contributed by atoms with Gasteiger partial charge in [0.15, 0.2) is 9.84 Å². The van der Waals surface area contributed by atoms with Crippen molar-refractivity contribution in [2.45, 2.75) is 61.8 Å². The van der Waals surface area contributed by atoms with Crippen LogP contribution in [0.4, 0.5) is 5.69 Å². The highest BCUT2D eigenvalue weighted by Gasteiger charge is 2.30. The summed E-state index contributed by atoms with van der Waals surface area (Å²) in [6.07, 6.45) is 5.87. The third-order valence-corrected chi connectivity index (χ3v) is 8.85. The highest BCUT2D eigenvalue weighted by atomic mass is 32.2. The fourth-order valence-electron chi connectivity index (χ4n) is 4.58. The topological polar surface area (TPSA) is 102 Å². The maximum Gasteiger partial charge on any atom is 0.251 e. The van der Waals surface area contributed by atoms with E-state index in [0.29, 0.717) is 41.2 Å². The van der Waals surface area contributed by atoms with E-state index in [1.807, 2.05) is 6.07 Å². The Hall–Kier alpha value is -2.71. The highest BCUT2D eigenvalue weighted by molar-refractivity contribution is 7.91. The standard InChI is InChI=1S/C27H32N2O5S/c30-26(15-18-3-8-23(9-4-18)35(32,33)17-19-1-2-19)28-22-7-10-24(25(16-22)20-5-6-20)27(31)29-21-11-13-34-14-12-21/h3-4,7-10,16,19-21H,1-2,5-6,11-15,17H2,(H,28,30)(H,29,31). The van der Waals surface area contributed by atoms with Gasteiger partial charge in [-0.3, -0.25) is 9.59 Å². The lowest BCUT2D eigenvalue weighted by Crippen LogP contribution is -2.39. The molecule has 1 saturated heterocycles. The van der Waals surface area contributed by atoms with Gasteiger partial charge in [-0.05, 0) is 91.8 Å². The van der Waals surface area contributed by atoms with Crippen molar-refractivity contribution in [3.8, 4) is 0 Å². The largest absolute Gasteiger partial charge is 0.381 e. The van der Waals surface area contributed by atoms with Gasteiger partial charge in [-0.1, -0.05) is 12.1 Å². The van der Waals surface area contributed by atoms with Gasteiger partial charge >= 0.3 is 0 Å². The van der Waals surface area contributed by atoms with E-state index in [1.165, 1.54) is 0 Å². The molecule has 3 fully saturated rings. The number of hydrogen-bond acceptors (Lipinski definition) is 5. The fourth-order valence-corrected chi connectivity index (χ4v) is 6.28. The first kappa shape index (κ1) is 24.0. The van der Waals surface area contributed by atoms with Crippen LogP contribution in [0.25, 0.3) is 0 Å². The molecule has 1 heterocycles. The van der Waals surface area contributed by atoms with Gasteiger partial charge in [0.05, 0.1) is 17.1 Å². The summed E-state index contributed by atoms with van der Waals surface area (Å²) in [5.74, 6) is 0.616. The average Bonchev–Trinajstić information content (AvgIpc) is 3.75. The molecule has 0 aromatic heterocycles. The normalized spacial score (nSPS) is 18.7. The summed E-state index contributed by atoms with van der Waals surface area (Å²) in [6, 6.07) is 12.2. The quantitative estimate of drug-likeness (QED) is 0.549. The van der Waals surface area contributed by atoms with Crippen LogP contribution in [0, 0.1) is 5.92 Å². The van der Waals surface area contributed by atoms with Gasteiger partial charge < -0.3 is 15.4 Å². The number of sulfone groups is 1. The molecule has 5 rings (SSSR count). The second-order valence-corrected chi connectivity index (χ2v) is 12.1. The lowest BCUT2D eigenvalue weighted by molar-refractivity contribution is -0.115. The molecule has 35 heavy (non-hydrogen) atoms. The van der Waals surface area contributed by atoms with Gasteiger partial charge in [-0.2, -0.15) is 0 Å². The van der Waals surface area contributed by atoms with Gasteiger partial charge in [0.25, 0.3) is 5.91 Å². The van der Waals surface area contributed by atoms with Crippen LogP contribution in [0.2, 0.25) is 0 Å². The Morgan fingerprint density at radius 3 is 2.29 bits per heavy atom. The summed E-state index contributed by atoms with van der Waals surface area (Å²) in [7, 11) is -3.26. The van der Waals surface area contributed by atoms with E-state index in [-0.39, 0.29) is 30.0 Å². The molecule has 0 bridgehead atoms. The number of amides is 2. The lowest BCUT2D eigenvalue weighted by atomic mass is 10.0. The number of carbonyl (C=O) groups excluding carboxylic acids is 2. The van der Waals surface area contributed by atoms with E-state index >= 15 is 0 Å². The van der Waals surface area contributed by atoms with E-state index in [4.69, 9.17) is 4.74 Å². The van der Waals surface area contributed by atoms with Gasteiger partial charge in [0.2, 0.25) is 5.91 Å². The zero-order valence-electron chi connectivity index (χ0n) is 19.8. The number of anilines is 1. The van der Waals surface area contributed by atoms with Crippen molar-refractivity contribution in [1.82, 2.24) is 5.32 Å². The number of rotatable bonds is 9. The van der Waals surface area contributed by atoms with Crippen LogP contribution >= 0.6 is 0 Å². The maximum absolute atomic E-state index is 12.9. The van der Waals surface area contributed by atoms with Crippen molar-refractivity contribution in [2.24, 2.45) is 5.92 Å². The third-order valence-electron chi connectivity index (χ3n) is 6.95. The van der Waals surface area contributed by atoms with Crippen molar-refractivity contribution in [3.05, 3.63) is 59.2 Å². The summed E-state index contributed by atoms with van der Waals surface area (Å²) in [5.41, 5.74) is 3.09. The number of ether oxygens (including phenoxy) is 1. The Labute approximate surface area is 206 Å². The molecule has 0 spiro atoms. The maximum atomic E-state index is 12.9. The van der Waals surface area contributed by atoms with Crippen molar-refractivity contribution in [3.63, 3.8) is 0 Å². The summed E-state index contributed by atoms with van der Waals surface area (Å²) in [4.78, 5) is 25.9.